The number of aryl methyl sites for hydroxylation is 1. The van der Waals surface area contributed by atoms with Crippen LogP contribution in [0.25, 0.3) is 52.9 Å². The maximum Gasteiger partial charge on any atom is 0.312 e. The van der Waals surface area contributed by atoms with Gasteiger partial charge >= 0.3 is 5.97 Å². The van der Waals surface area contributed by atoms with Crippen molar-refractivity contribution >= 4 is 28.6 Å². The zero-order valence-corrected chi connectivity index (χ0v) is 41.4. The first-order valence-corrected chi connectivity index (χ1v) is 26.6. The molecule has 1 aliphatic rings. The van der Waals surface area contributed by atoms with Crippen molar-refractivity contribution in [3.05, 3.63) is 139 Å². The van der Waals surface area contributed by atoms with Crippen LogP contribution < -0.4 is 4.74 Å². The largest absolute Gasteiger partial charge is 0.494 e. The van der Waals surface area contributed by atoms with Crippen LogP contribution >= 0.6 is 22.7 Å². The summed E-state index contributed by atoms with van der Waals surface area (Å²) in [6.45, 7) is 13.4. The summed E-state index contributed by atoms with van der Waals surface area (Å²) in [4.78, 5) is 17.1. The van der Waals surface area contributed by atoms with Crippen LogP contribution in [-0.2, 0) is 14.9 Å². The molecule has 0 spiro atoms. The molecule has 0 aliphatic heterocycles. The molecule has 65 heavy (non-hydrogen) atoms. The number of hydrogen-bond acceptors (Lipinski definition) is 5. The SMILES string of the molecule is C=CC(C)C(=O)OCCCCCOc1ccc(-c2ccc(-c3ccc4c(c3)C(CCCCCCCC)(CCCCCCCC)c3cc(-c5ccc(-c6ccc(C)cc6)s5)ccc3-4)s2)cc1. The van der Waals surface area contributed by atoms with E-state index in [1.54, 1.807) is 24.1 Å². The number of ether oxygens (including phenoxy) is 2. The molecule has 3 nitrogen and oxygen atoms in total. The number of thiophene rings is 2. The van der Waals surface area contributed by atoms with Crippen molar-refractivity contribution in [3.8, 4) is 58.6 Å². The predicted molar refractivity (Wildman–Crippen MR) is 281 cm³/mol. The molecule has 0 saturated heterocycles. The molecule has 4 aromatic carbocycles. The van der Waals surface area contributed by atoms with E-state index in [1.807, 2.05) is 22.7 Å². The zero-order valence-electron chi connectivity index (χ0n) is 39.7. The van der Waals surface area contributed by atoms with Crippen molar-refractivity contribution in [2.45, 2.75) is 142 Å². The van der Waals surface area contributed by atoms with Crippen LogP contribution in [0.1, 0.15) is 147 Å². The zero-order chi connectivity index (χ0) is 45.4. The average molecular weight is 905 g/mol. The molecule has 7 rings (SSSR count). The first-order valence-electron chi connectivity index (χ1n) is 24.9. The second-order valence-electron chi connectivity index (χ2n) is 18.5. The van der Waals surface area contributed by atoms with Gasteiger partial charge in [0.2, 0.25) is 0 Å². The van der Waals surface area contributed by atoms with Crippen LogP contribution in [0.2, 0.25) is 0 Å². The van der Waals surface area contributed by atoms with E-state index in [4.69, 9.17) is 9.47 Å². The second-order valence-corrected chi connectivity index (χ2v) is 20.6. The number of carbonyl (C=O) groups is 1. The molecule has 0 radical (unpaired) electrons. The number of carbonyl (C=O) groups excluding carboxylic acids is 1. The van der Waals surface area contributed by atoms with Gasteiger partial charge in [-0.2, -0.15) is 0 Å². The lowest BCUT2D eigenvalue weighted by Gasteiger charge is -2.33. The Bertz CT molecular complexity index is 2400. The molecule has 5 heteroatoms. The van der Waals surface area contributed by atoms with E-state index in [1.165, 1.54) is 148 Å². The summed E-state index contributed by atoms with van der Waals surface area (Å²) < 4.78 is 11.4. The first kappa shape index (κ1) is 48.2. The van der Waals surface area contributed by atoms with Crippen LogP contribution in [0, 0.1) is 12.8 Å². The number of esters is 1. The van der Waals surface area contributed by atoms with E-state index >= 15 is 0 Å². The van der Waals surface area contributed by atoms with E-state index in [-0.39, 0.29) is 17.3 Å². The Hall–Kier alpha value is -4.71. The van der Waals surface area contributed by atoms with Gasteiger partial charge < -0.3 is 9.47 Å². The summed E-state index contributed by atoms with van der Waals surface area (Å²) >= 11 is 3.81. The smallest absolute Gasteiger partial charge is 0.312 e. The molecule has 0 N–H and O–H groups in total. The minimum atomic E-state index is -0.259. The Balaban J connectivity index is 1.12. The molecular formula is C60H72O3S2. The fraction of sp³-hybridized carbons (Fsp3) is 0.417. The molecule has 2 heterocycles. The lowest BCUT2D eigenvalue weighted by atomic mass is 9.70. The summed E-state index contributed by atoms with van der Waals surface area (Å²) in [5.41, 5.74) is 12.5. The minimum Gasteiger partial charge on any atom is -0.494 e. The Kier molecular flexibility index (Phi) is 17.9. The maximum absolute atomic E-state index is 11.8. The van der Waals surface area contributed by atoms with Crippen molar-refractivity contribution in [2.24, 2.45) is 5.92 Å². The Morgan fingerprint density at radius 2 is 0.985 bits per heavy atom. The molecular weight excluding hydrogens is 833 g/mol. The van der Waals surface area contributed by atoms with Crippen molar-refractivity contribution in [1.82, 2.24) is 0 Å². The van der Waals surface area contributed by atoms with Gasteiger partial charge in [0.05, 0.1) is 19.1 Å². The fourth-order valence-electron chi connectivity index (χ4n) is 9.58. The molecule has 6 aromatic rings. The van der Waals surface area contributed by atoms with Gasteiger partial charge in [0.15, 0.2) is 0 Å². The van der Waals surface area contributed by atoms with Gasteiger partial charge in [-0.25, -0.2) is 0 Å². The standard InChI is InChI=1S/C60H72O3S2/c1-6-9-11-13-15-18-38-60(39-19-16-14-12-10-7-2)53-42-48(57-36-34-55(64-57)46-24-22-44(4)23-25-46)28-32-51(53)52-33-29-49(43-54(52)60)58-37-35-56(65-58)47-26-30-50(31-27-47)62-40-20-17-21-41-63-59(61)45(5)8-3/h8,22-37,42-43,45H,3,6-7,9-21,38-41H2,1-2,4-5H3. The van der Waals surface area contributed by atoms with Crippen molar-refractivity contribution in [3.63, 3.8) is 0 Å². The van der Waals surface area contributed by atoms with Gasteiger partial charge in [0.25, 0.3) is 0 Å². The lowest BCUT2D eigenvalue weighted by Crippen LogP contribution is -2.25. The van der Waals surface area contributed by atoms with Gasteiger partial charge in [-0.3, -0.25) is 4.79 Å². The van der Waals surface area contributed by atoms with E-state index in [0.29, 0.717) is 13.2 Å². The highest BCUT2D eigenvalue weighted by molar-refractivity contribution is 7.19. The summed E-state index contributed by atoms with van der Waals surface area (Å²) in [5.74, 6) is 0.421. The third kappa shape index (κ3) is 12.4. The summed E-state index contributed by atoms with van der Waals surface area (Å²) in [5, 5.41) is 0. The van der Waals surface area contributed by atoms with Gasteiger partial charge in [-0.15, -0.1) is 29.3 Å². The van der Waals surface area contributed by atoms with Crippen LogP contribution in [0.15, 0.2) is 122 Å². The van der Waals surface area contributed by atoms with Gasteiger partial charge in [0.1, 0.15) is 5.75 Å². The molecule has 0 amide bonds. The summed E-state index contributed by atoms with van der Waals surface area (Å²) in [6.07, 6.45) is 22.5. The average Bonchev–Trinajstić information content (AvgIpc) is 4.09. The molecule has 1 atom stereocenters. The number of benzene rings is 4. The van der Waals surface area contributed by atoms with Gasteiger partial charge in [0, 0.05) is 24.9 Å². The van der Waals surface area contributed by atoms with Crippen molar-refractivity contribution in [1.29, 1.82) is 0 Å². The lowest BCUT2D eigenvalue weighted by molar-refractivity contribution is -0.146. The molecule has 0 bridgehead atoms. The van der Waals surface area contributed by atoms with Crippen LogP contribution in [-0.4, -0.2) is 19.2 Å². The van der Waals surface area contributed by atoms with Crippen LogP contribution in [0.5, 0.6) is 5.75 Å². The number of fused-ring (bicyclic) bond motifs is 3. The van der Waals surface area contributed by atoms with E-state index in [2.05, 4.69) is 137 Å². The van der Waals surface area contributed by atoms with Crippen LogP contribution in [0.4, 0.5) is 0 Å². The number of rotatable bonds is 27. The Morgan fingerprint density at radius 3 is 1.49 bits per heavy atom. The van der Waals surface area contributed by atoms with E-state index in [9.17, 15) is 4.79 Å². The highest BCUT2D eigenvalue weighted by Gasteiger charge is 2.42. The fourth-order valence-corrected chi connectivity index (χ4v) is 11.6. The third-order valence-electron chi connectivity index (χ3n) is 13.6. The Labute approximate surface area is 399 Å². The summed E-state index contributed by atoms with van der Waals surface area (Å²) in [7, 11) is 0. The molecule has 1 aliphatic carbocycles. The van der Waals surface area contributed by atoms with E-state index < -0.39 is 0 Å². The van der Waals surface area contributed by atoms with Crippen molar-refractivity contribution < 1.29 is 14.3 Å². The van der Waals surface area contributed by atoms with E-state index in [0.717, 1.165) is 25.0 Å². The number of hydrogen-bond donors (Lipinski definition) is 0. The monoisotopic (exact) mass is 904 g/mol. The third-order valence-corrected chi connectivity index (χ3v) is 15.9. The Morgan fingerprint density at radius 1 is 0.554 bits per heavy atom. The van der Waals surface area contributed by atoms with Gasteiger partial charge in [-0.05, 0) is 151 Å². The molecule has 0 saturated carbocycles. The quantitative estimate of drug-likeness (QED) is 0.0293. The normalized spacial score (nSPS) is 13.0. The maximum atomic E-state index is 11.8. The minimum absolute atomic E-state index is 0.00387. The summed E-state index contributed by atoms with van der Waals surface area (Å²) in [6, 6.07) is 41.7. The highest BCUT2D eigenvalue weighted by atomic mass is 32.1. The molecule has 1 unspecified atom stereocenters. The topological polar surface area (TPSA) is 35.5 Å². The van der Waals surface area contributed by atoms with Gasteiger partial charge in [-0.1, -0.05) is 151 Å². The molecule has 0 fully saturated rings. The predicted octanol–water partition coefficient (Wildman–Crippen LogP) is 18.5. The second kappa shape index (κ2) is 24.2. The van der Waals surface area contributed by atoms with Crippen molar-refractivity contribution in [2.75, 3.05) is 13.2 Å². The highest BCUT2D eigenvalue weighted by Crippen LogP contribution is 2.56. The molecule has 342 valence electrons. The first-order chi connectivity index (χ1) is 31.8. The molecule has 2 aromatic heterocycles. The van der Waals surface area contributed by atoms with Crippen LogP contribution in [0.3, 0.4) is 0 Å². The number of unbranched alkanes of at least 4 members (excludes halogenated alkanes) is 12.